The first-order valence-corrected chi connectivity index (χ1v) is 3.42. The van der Waals surface area contributed by atoms with Gasteiger partial charge in [0.15, 0.2) is 0 Å². The summed E-state index contributed by atoms with van der Waals surface area (Å²) in [6.45, 7) is 2.93. The standard InChI is InChI=1S/C6H14N2O/c1-5-6(8-7)3-2-4-9-5/h5-6,8H,2-4,7H2,1H3/t5-,6+/m0/s1. The molecule has 2 atom stereocenters. The van der Waals surface area contributed by atoms with Crippen LogP contribution in [-0.2, 0) is 4.74 Å². The zero-order chi connectivity index (χ0) is 6.69. The predicted molar refractivity (Wildman–Crippen MR) is 35.8 cm³/mol. The quantitative estimate of drug-likeness (QED) is 0.388. The number of hydrazine groups is 1. The lowest BCUT2D eigenvalue weighted by Gasteiger charge is -2.27. The Balaban J connectivity index is 2.30. The summed E-state index contributed by atoms with van der Waals surface area (Å²) in [7, 11) is 0. The average molecular weight is 130 g/mol. The second-order valence-electron chi connectivity index (χ2n) is 2.49. The third-order valence-corrected chi connectivity index (χ3v) is 1.82. The van der Waals surface area contributed by atoms with Gasteiger partial charge in [-0.15, -0.1) is 0 Å². The smallest absolute Gasteiger partial charge is 0.0713 e. The first-order chi connectivity index (χ1) is 4.34. The summed E-state index contributed by atoms with van der Waals surface area (Å²) >= 11 is 0. The molecule has 0 amide bonds. The lowest BCUT2D eigenvalue weighted by Crippen LogP contribution is -2.46. The molecule has 54 valence electrons. The Labute approximate surface area is 55.5 Å². The topological polar surface area (TPSA) is 47.3 Å². The summed E-state index contributed by atoms with van der Waals surface area (Å²) in [6.07, 6.45) is 2.54. The van der Waals surface area contributed by atoms with E-state index in [-0.39, 0.29) is 6.10 Å². The Morgan fingerprint density at radius 3 is 2.89 bits per heavy atom. The third kappa shape index (κ3) is 1.64. The van der Waals surface area contributed by atoms with Crippen LogP contribution in [0.4, 0.5) is 0 Å². The fourth-order valence-electron chi connectivity index (χ4n) is 1.14. The molecule has 9 heavy (non-hydrogen) atoms. The summed E-state index contributed by atoms with van der Waals surface area (Å²) in [5.74, 6) is 5.26. The molecule has 0 bridgehead atoms. The molecule has 0 spiro atoms. The van der Waals surface area contributed by atoms with Gasteiger partial charge in [0.25, 0.3) is 0 Å². The summed E-state index contributed by atoms with van der Waals surface area (Å²) in [6, 6.07) is 0.360. The maximum atomic E-state index is 5.34. The van der Waals surface area contributed by atoms with Gasteiger partial charge in [0, 0.05) is 12.6 Å². The van der Waals surface area contributed by atoms with E-state index in [0.717, 1.165) is 19.4 Å². The monoisotopic (exact) mass is 130 g/mol. The minimum absolute atomic E-state index is 0.281. The molecule has 0 radical (unpaired) electrons. The molecule has 3 heteroatoms. The normalized spacial score (nSPS) is 36.7. The molecule has 0 aromatic rings. The Morgan fingerprint density at radius 1 is 1.67 bits per heavy atom. The van der Waals surface area contributed by atoms with Crippen molar-refractivity contribution in [3.8, 4) is 0 Å². The van der Waals surface area contributed by atoms with Gasteiger partial charge in [-0.1, -0.05) is 0 Å². The van der Waals surface area contributed by atoms with Crippen molar-refractivity contribution in [2.45, 2.75) is 31.9 Å². The van der Waals surface area contributed by atoms with Crippen molar-refractivity contribution in [1.82, 2.24) is 5.43 Å². The number of hydrogen-bond donors (Lipinski definition) is 2. The van der Waals surface area contributed by atoms with Crippen LogP contribution in [0.3, 0.4) is 0 Å². The molecule has 3 nitrogen and oxygen atoms in total. The van der Waals surface area contributed by atoms with Crippen molar-refractivity contribution in [3.63, 3.8) is 0 Å². The summed E-state index contributed by atoms with van der Waals surface area (Å²) < 4.78 is 5.34. The molecular formula is C6H14N2O. The van der Waals surface area contributed by atoms with Crippen LogP contribution >= 0.6 is 0 Å². The molecule has 0 saturated carbocycles. The molecule has 0 unspecified atom stereocenters. The zero-order valence-corrected chi connectivity index (χ0v) is 5.76. The van der Waals surface area contributed by atoms with Crippen LogP contribution in [0.5, 0.6) is 0 Å². The van der Waals surface area contributed by atoms with Crippen molar-refractivity contribution in [2.75, 3.05) is 6.61 Å². The third-order valence-electron chi connectivity index (χ3n) is 1.82. The fraction of sp³-hybridized carbons (Fsp3) is 1.00. The van der Waals surface area contributed by atoms with Gasteiger partial charge in [0.05, 0.1) is 6.10 Å². The highest BCUT2D eigenvalue weighted by molar-refractivity contribution is 4.74. The van der Waals surface area contributed by atoms with Gasteiger partial charge in [-0.3, -0.25) is 11.3 Å². The van der Waals surface area contributed by atoms with E-state index in [0.29, 0.717) is 6.04 Å². The molecule has 0 aliphatic carbocycles. The highest BCUT2D eigenvalue weighted by Crippen LogP contribution is 2.11. The van der Waals surface area contributed by atoms with E-state index in [2.05, 4.69) is 5.43 Å². The summed E-state index contributed by atoms with van der Waals surface area (Å²) in [5.41, 5.74) is 2.73. The van der Waals surface area contributed by atoms with Gasteiger partial charge >= 0.3 is 0 Å². The lowest BCUT2D eigenvalue weighted by molar-refractivity contribution is 0.00302. The van der Waals surface area contributed by atoms with Crippen LogP contribution < -0.4 is 11.3 Å². The van der Waals surface area contributed by atoms with Crippen molar-refractivity contribution in [3.05, 3.63) is 0 Å². The number of nitrogens with one attached hydrogen (secondary N) is 1. The fourth-order valence-corrected chi connectivity index (χ4v) is 1.14. The summed E-state index contributed by atoms with van der Waals surface area (Å²) in [5, 5.41) is 0. The van der Waals surface area contributed by atoms with Gasteiger partial charge < -0.3 is 4.74 Å². The summed E-state index contributed by atoms with van der Waals surface area (Å²) in [4.78, 5) is 0. The van der Waals surface area contributed by atoms with Crippen LogP contribution in [-0.4, -0.2) is 18.8 Å². The molecule has 1 aliphatic rings. The van der Waals surface area contributed by atoms with Crippen LogP contribution in [0.25, 0.3) is 0 Å². The van der Waals surface area contributed by atoms with Crippen molar-refractivity contribution >= 4 is 0 Å². The number of rotatable bonds is 1. The molecular weight excluding hydrogens is 116 g/mol. The molecule has 0 aromatic heterocycles. The largest absolute Gasteiger partial charge is 0.377 e. The van der Waals surface area contributed by atoms with Gasteiger partial charge in [-0.05, 0) is 19.8 Å². The van der Waals surface area contributed by atoms with E-state index in [1.54, 1.807) is 0 Å². The predicted octanol–water partition coefficient (Wildman–Crippen LogP) is 0.0172. The highest BCUT2D eigenvalue weighted by atomic mass is 16.5. The first-order valence-electron chi connectivity index (χ1n) is 3.42. The first kappa shape index (κ1) is 6.99. The molecule has 0 aromatic carbocycles. The van der Waals surface area contributed by atoms with Crippen molar-refractivity contribution in [1.29, 1.82) is 0 Å². The number of ether oxygens (including phenoxy) is 1. The minimum Gasteiger partial charge on any atom is -0.377 e. The van der Waals surface area contributed by atoms with Gasteiger partial charge in [0.2, 0.25) is 0 Å². The highest BCUT2D eigenvalue weighted by Gasteiger charge is 2.19. The minimum atomic E-state index is 0.281. The van der Waals surface area contributed by atoms with Crippen molar-refractivity contribution < 1.29 is 4.74 Å². The number of nitrogens with two attached hydrogens (primary N) is 1. The molecule has 1 rings (SSSR count). The molecule has 1 heterocycles. The Bertz CT molecular complexity index is 87.1. The number of hydrogen-bond acceptors (Lipinski definition) is 3. The Hall–Kier alpha value is -0.120. The van der Waals surface area contributed by atoms with Crippen LogP contribution in [0, 0.1) is 0 Å². The molecule has 3 N–H and O–H groups in total. The Morgan fingerprint density at radius 2 is 2.44 bits per heavy atom. The van der Waals surface area contributed by atoms with Gasteiger partial charge in [-0.2, -0.15) is 0 Å². The van der Waals surface area contributed by atoms with Gasteiger partial charge in [-0.25, -0.2) is 0 Å². The average Bonchev–Trinajstić information content (AvgIpc) is 1.89. The maximum Gasteiger partial charge on any atom is 0.0713 e. The lowest BCUT2D eigenvalue weighted by atomic mass is 10.1. The maximum absolute atomic E-state index is 5.34. The molecule has 1 aliphatic heterocycles. The Kier molecular flexibility index (Phi) is 2.45. The second kappa shape index (κ2) is 3.15. The van der Waals surface area contributed by atoms with Crippen LogP contribution in [0.15, 0.2) is 0 Å². The van der Waals surface area contributed by atoms with E-state index < -0.39 is 0 Å². The van der Waals surface area contributed by atoms with E-state index in [4.69, 9.17) is 10.6 Å². The van der Waals surface area contributed by atoms with Crippen molar-refractivity contribution in [2.24, 2.45) is 5.84 Å². The van der Waals surface area contributed by atoms with Crippen LogP contribution in [0.1, 0.15) is 19.8 Å². The molecule has 1 fully saturated rings. The van der Waals surface area contributed by atoms with E-state index in [9.17, 15) is 0 Å². The zero-order valence-electron chi connectivity index (χ0n) is 5.76. The van der Waals surface area contributed by atoms with Gasteiger partial charge in [0.1, 0.15) is 0 Å². The van der Waals surface area contributed by atoms with E-state index in [1.165, 1.54) is 0 Å². The van der Waals surface area contributed by atoms with E-state index in [1.807, 2.05) is 6.92 Å². The van der Waals surface area contributed by atoms with Crippen LogP contribution in [0.2, 0.25) is 0 Å². The SMILES string of the molecule is C[C@@H]1OCCC[C@H]1NN. The van der Waals surface area contributed by atoms with E-state index >= 15 is 0 Å². The molecule has 1 saturated heterocycles. The second-order valence-corrected chi connectivity index (χ2v) is 2.49.